The summed E-state index contributed by atoms with van der Waals surface area (Å²) in [6.45, 7) is 0.252. The van der Waals surface area contributed by atoms with Gasteiger partial charge in [-0.25, -0.2) is 0 Å². The van der Waals surface area contributed by atoms with Crippen molar-refractivity contribution in [3.8, 4) is 0 Å². The molecule has 6 heteroatoms. The lowest BCUT2D eigenvalue weighted by atomic mass is 10.1. The van der Waals surface area contributed by atoms with Crippen molar-refractivity contribution < 1.29 is 18.3 Å². The Hall–Kier alpha value is -0.780. The third-order valence-corrected chi connectivity index (χ3v) is 2.39. The quantitative estimate of drug-likeness (QED) is 0.868. The summed E-state index contributed by atoms with van der Waals surface area (Å²) < 4.78 is 37.1. The van der Waals surface area contributed by atoms with Crippen molar-refractivity contribution in [3.63, 3.8) is 0 Å². The van der Waals surface area contributed by atoms with Gasteiger partial charge in [0.15, 0.2) is 0 Å². The first kappa shape index (κ1) is 13.3. The van der Waals surface area contributed by atoms with Gasteiger partial charge in [0, 0.05) is 6.54 Å². The van der Waals surface area contributed by atoms with Crippen molar-refractivity contribution in [1.82, 2.24) is 5.32 Å². The van der Waals surface area contributed by atoms with Gasteiger partial charge in [-0.1, -0.05) is 17.7 Å². The number of rotatable bonds is 3. The summed E-state index contributed by atoms with van der Waals surface area (Å²) in [5, 5.41) is 11.8. The van der Waals surface area contributed by atoms with Crippen molar-refractivity contribution in [2.45, 2.75) is 12.3 Å². The zero-order valence-electron chi connectivity index (χ0n) is 8.48. The van der Waals surface area contributed by atoms with E-state index in [0.29, 0.717) is 5.56 Å². The van der Waals surface area contributed by atoms with Gasteiger partial charge in [-0.05, 0) is 24.7 Å². The van der Waals surface area contributed by atoms with Gasteiger partial charge in [0.25, 0.3) is 0 Å². The maximum Gasteiger partial charge on any atom is 0.417 e. The standard InChI is InChI=1S/C10H11ClF3NO/c1-15-5-9(16)6-2-3-7(8(11)4-6)10(12,13)14/h2-4,9,15-16H,5H2,1H3. The molecule has 0 amide bonds. The van der Waals surface area contributed by atoms with Gasteiger partial charge in [0.1, 0.15) is 0 Å². The number of alkyl halides is 3. The molecule has 1 rings (SSSR count). The highest BCUT2D eigenvalue weighted by molar-refractivity contribution is 6.31. The minimum atomic E-state index is -4.47. The van der Waals surface area contributed by atoms with Crippen molar-refractivity contribution >= 4 is 11.6 Å². The van der Waals surface area contributed by atoms with Crippen LogP contribution in [0, 0.1) is 0 Å². The van der Waals surface area contributed by atoms with Crippen LogP contribution in [0.3, 0.4) is 0 Å². The van der Waals surface area contributed by atoms with E-state index in [-0.39, 0.29) is 6.54 Å². The van der Waals surface area contributed by atoms with Crippen LogP contribution in [0.5, 0.6) is 0 Å². The average molecular weight is 254 g/mol. The first-order valence-electron chi connectivity index (χ1n) is 4.55. The molecule has 0 saturated carbocycles. The second-order valence-electron chi connectivity index (χ2n) is 3.31. The van der Waals surface area contributed by atoms with Gasteiger partial charge in [0.05, 0.1) is 16.7 Å². The fourth-order valence-electron chi connectivity index (χ4n) is 1.28. The zero-order valence-corrected chi connectivity index (χ0v) is 9.23. The van der Waals surface area contributed by atoms with E-state index in [1.54, 1.807) is 7.05 Å². The Balaban J connectivity index is 3.00. The summed E-state index contributed by atoms with van der Waals surface area (Å²) in [6.07, 6.45) is -5.34. The fourth-order valence-corrected chi connectivity index (χ4v) is 1.58. The maximum atomic E-state index is 12.4. The molecule has 90 valence electrons. The van der Waals surface area contributed by atoms with Crippen molar-refractivity contribution in [1.29, 1.82) is 0 Å². The lowest BCUT2D eigenvalue weighted by Gasteiger charge is -2.13. The Bertz CT molecular complexity index is 368. The number of aliphatic hydroxyl groups is 1. The molecule has 0 radical (unpaired) electrons. The monoisotopic (exact) mass is 253 g/mol. The number of aliphatic hydroxyl groups excluding tert-OH is 1. The number of likely N-dealkylation sites (N-methyl/N-ethyl adjacent to an activating group) is 1. The first-order chi connectivity index (χ1) is 7.36. The predicted octanol–water partition coefficient (Wildman–Crippen LogP) is 2.61. The van der Waals surface area contributed by atoms with E-state index in [4.69, 9.17) is 11.6 Å². The van der Waals surface area contributed by atoms with Gasteiger partial charge in [0.2, 0.25) is 0 Å². The molecule has 0 bridgehead atoms. The van der Waals surface area contributed by atoms with Crippen LogP contribution in [-0.2, 0) is 6.18 Å². The minimum absolute atomic E-state index is 0.252. The summed E-state index contributed by atoms with van der Waals surface area (Å²) in [4.78, 5) is 0. The second-order valence-corrected chi connectivity index (χ2v) is 3.72. The van der Waals surface area contributed by atoms with Gasteiger partial charge in [-0.15, -0.1) is 0 Å². The van der Waals surface area contributed by atoms with E-state index in [2.05, 4.69) is 5.32 Å². The summed E-state index contributed by atoms with van der Waals surface area (Å²) in [5.74, 6) is 0. The van der Waals surface area contributed by atoms with Crippen LogP contribution < -0.4 is 5.32 Å². The molecule has 2 N–H and O–H groups in total. The fraction of sp³-hybridized carbons (Fsp3) is 0.400. The van der Waals surface area contributed by atoms with E-state index in [0.717, 1.165) is 12.1 Å². The van der Waals surface area contributed by atoms with Gasteiger partial charge >= 0.3 is 6.18 Å². The van der Waals surface area contributed by atoms with Gasteiger partial charge in [-0.3, -0.25) is 0 Å². The molecule has 0 fully saturated rings. The van der Waals surface area contributed by atoms with Gasteiger partial charge in [-0.2, -0.15) is 13.2 Å². The molecule has 1 aromatic rings. The molecular weight excluding hydrogens is 243 g/mol. The molecule has 1 unspecified atom stereocenters. The predicted molar refractivity (Wildman–Crippen MR) is 55.3 cm³/mol. The van der Waals surface area contributed by atoms with Crippen LogP contribution in [0.2, 0.25) is 5.02 Å². The number of halogens is 4. The molecule has 1 atom stereocenters. The minimum Gasteiger partial charge on any atom is -0.387 e. The lowest BCUT2D eigenvalue weighted by Crippen LogP contribution is -2.17. The van der Waals surface area contributed by atoms with Crippen LogP contribution in [0.15, 0.2) is 18.2 Å². The van der Waals surface area contributed by atoms with Crippen molar-refractivity contribution in [2.24, 2.45) is 0 Å². The van der Waals surface area contributed by atoms with Crippen LogP contribution in [0.1, 0.15) is 17.2 Å². The van der Waals surface area contributed by atoms with Crippen molar-refractivity contribution in [3.05, 3.63) is 34.3 Å². The summed E-state index contributed by atoms with van der Waals surface area (Å²) >= 11 is 5.51. The smallest absolute Gasteiger partial charge is 0.387 e. The number of hydrogen-bond acceptors (Lipinski definition) is 2. The highest BCUT2D eigenvalue weighted by Gasteiger charge is 2.33. The Labute approximate surface area is 96.0 Å². The summed E-state index contributed by atoms with van der Waals surface area (Å²) in [7, 11) is 1.63. The van der Waals surface area contributed by atoms with E-state index < -0.39 is 22.9 Å². The number of benzene rings is 1. The molecule has 1 aromatic carbocycles. The molecule has 2 nitrogen and oxygen atoms in total. The first-order valence-corrected chi connectivity index (χ1v) is 4.93. The normalized spacial score (nSPS) is 13.9. The highest BCUT2D eigenvalue weighted by Crippen LogP contribution is 2.35. The highest BCUT2D eigenvalue weighted by atomic mass is 35.5. The SMILES string of the molecule is CNCC(O)c1ccc(C(F)(F)F)c(Cl)c1. The molecule has 0 aliphatic carbocycles. The van der Waals surface area contributed by atoms with Crippen molar-refractivity contribution in [2.75, 3.05) is 13.6 Å². The Morgan fingerprint density at radius 1 is 1.44 bits per heavy atom. The molecule has 0 saturated heterocycles. The molecular formula is C10H11ClF3NO. The second kappa shape index (κ2) is 5.03. The van der Waals surface area contributed by atoms with Gasteiger partial charge < -0.3 is 10.4 Å². The van der Waals surface area contributed by atoms with Crippen LogP contribution in [0.4, 0.5) is 13.2 Å². The molecule has 0 aliphatic rings. The molecule has 0 spiro atoms. The molecule has 0 aliphatic heterocycles. The molecule has 0 heterocycles. The topological polar surface area (TPSA) is 32.3 Å². The lowest BCUT2D eigenvalue weighted by molar-refractivity contribution is -0.137. The van der Waals surface area contributed by atoms with Crippen LogP contribution >= 0.6 is 11.6 Å². The number of nitrogens with one attached hydrogen (secondary N) is 1. The van der Waals surface area contributed by atoms with Crippen LogP contribution in [0.25, 0.3) is 0 Å². The van der Waals surface area contributed by atoms with E-state index in [1.165, 1.54) is 6.07 Å². The summed E-state index contributed by atoms with van der Waals surface area (Å²) in [5.41, 5.74) is -0.540. The molecule has 0 aromatic heterocycles. The Morgan fingerprint density at radius 2 is 2.06 bits per heavy atom. The third kappa shape index (κ3) is 3.10. The number of hydrogen-bond donors (Lipinski definition) is 2. The van der Waals surface area contributed by atoms with E-state index in [1.807, 2.05) is 0 Å². The van der Waals surface area contributed by atoms with Crippen LogP contribution in [-0.4, -0.2) is 18.7 Å². The zero-order chi connectivity index (χ0) is 12.3. The average Bonchev–Trinajstić information content (AvgIpc) is 2.16. The maximum absolute atomic E-state index is 12.4. The van der Waals surface area contributed by atoms with E-state index >= 15 is 0 Å². The Morgan fingerprint density at radius 3 is 2.50 bits per heavy atom. The summed E-state index contributed by atoms with van der Waals surface area (Å²) in [6, 6.07) is 3.22. The third-order valence-electron chi connectivity index (χ3n) is 2.08. The molecule has 16 heavy (non-hydrogen) atoms. The van der Waals surface area contributed by atoms with E-state index in [9.17, 15) is 18.3 Å². The largest absolute Gasteiger partial charge is 0.417 e. The Kier molecular flexibility index (Phi) is 4.18.